The molecule has 0 aliphatic heterocycles. The summed E-state index contributed by atoms with van der Waals surface area (Å²) in [6, 6.07) is 7.83. The van der Waals surface area contributed by atoms with E-state index in [9.17, 15) is 9.59 Å². The fraction of sp³-hybridized carbons (Fsp3) is 0.333. The van der Waals surface area contributed by atoms with Crippen molar-refractivity contribution in [2.24, 2.45) is 18.9 Å². The van der Waals surface area contributed by atoms with Crippen LogP contribution in [0.5, 0.6) is 0 Å². The van der Waals surface area contributed by atoms with Crippen LogP contribution in [0.4, 0.5) is 0 Å². The van der Waals surface area contributed by atoms with Crippen LogP contribution >= 0.6 is 0 Å². The Balaban J connectivity index is 2.01. The summed E-state index contributed by atoms with van der Waals surface area (Å²) in [5.74, 6) is -1.01. The van der Waals surface area contributed by atoms with Crippen LogP contribution < -0.4 is 0 Å². The van der Waals surface area contributed by atoms with E-state index in [0.717, 1.165) is 10.9 Å². The van der Waals surface area contributed by atoms with E-state index in [0.29, 0.717) is 18.4 Å². The van der Waals surface area contributed by atoms with Gasteiger partial charge in [-0.15, -0.1) is 0 Å². The maximum Gasteiger partial charge on any atom is 0.309 e. The summed E-state index contributed by atoms with van der Waals surface area (Å²) < 4.78 is 6.82. The van der Waals surface area contributed by atoms with Crippen molar-refractivity contribution < 1.29 is 14.3 Å². The summed E-state index contributed by atoms with van der Waals surface area (Å²) in [6.07, 6.45) is 6.94. The second kappa shape index (κ2) is 5.79. The molecule has 0 fully saturated rings. The standard InChI is InChI=1S/C18H19NO3/c1-19-11-15(12-7-5-6-10-16(12)19)17(20)13-8-3-4-9-14(13)18(21)22-2/h3-7,10-11,13-14H,8-9H2,1-2H3/t13-,14+/m0/s1. The molecule has 1 aliphatic carbocycles. The Morgan fingerprint density at radius 2 is 1.82 bits per heavy atom. The molecule has 22 heavy (non-hydrogen) atoms. The maximum absolute atomic E-state index is 13.0. The molecule has 0 amide bonds. The lowest BCUT2D eigenvalue weighted by Crippen LogP contribution is -2.32. The zero-order valence-corrected chi connectivity index (χ0v) is 12.8. The number of carbonyl (C=O) groups excluding carboxylic acids is 2. The SMILES string of the molecule is COC(=O)[C@@H]1CC=CC[C@@H]1C(=O)c1cn(C)c2ccccc12. The molecule has 1 heterocycles. The minimum Gasteiger partial charge on any atom is -0.469 e. The highest BCUT2D eigenvalue weighted by Gasteiger charge is 2.36. The molecule has 1 aromatic heterocycles. The van der Waals surface area contributed by atoms with Gasteiger partial charge in [-0.05, 0) is 18.9 Å². The smallest absolute Gasteiger partial charge is 0.309 e. The van der Waals surface area contributed by atoms with E-state index in [1.807, 2.05) is 54.2 Å². The Morgan fingerprint density at radius 1 is 1.14 bits per heavy atom. The molecule has 0 unspecified atom stereocenters. The van der Waals surface area contributed by atoms with Gasteiger partial charge in [0, 0.05) is 35.6 Å². The first kappa shape index (κ1) is 14.6. The van der Waals surface area contributed by atoms with Crippen molar-refractivity contribution in [2.45, 2.75) is 12.8 Å². The second-order valence-electron chi connectivity index (χ2n) is 5.71. The van der Waals surface area contributed by atoms with E-state index in [1.165, 1.54) is 7.11 Å². The van der Waals surface area contributed by atoms with Crippen molar-refractivity contribution >= 4 is 22.7 Å². The first-order valence-corrected chi connectivity index (χ1v) is 7.44. The molecule has 0 N–H and O–H groups in total. The highest BCUT2D eigenvalue weighted by atomic mass is 16.5. The van der Waals surface area contributed by atoms with Crippen molar-refractivity contribution in [1.29, 1.82) is 0 Å². The Kier molecular flexibility index (Phi) is 3.84. The maximum atomic E-state index is 13.0. The third-order valence-corrected chi connectivity index (χ3v) is 4.44. The quantitative estimate of drug-likeness (QED) is 0.497. The molecule has 4 nitrogen and oxygen atoms in total. The topological polar surface area (TPSA) is 48.3 Å². The summed E-state index contributed by atoms with van der Waals surface area (Å²) >= 11 is 0. The highest BCUT2D eigenvalue weighted by molar-refractivity contribution is 6.10. The molecule has 2 aromatic rings. The third-order valence-electron chi connectivity index (χ3n) is 4.44. The van der Waals surface area contributed by atoms with E-state index in [4.69, 9.17) is 4.74 Å². The largest absolute Gasteiger partial charge is 0.469 e. The summed E-state index contributed by atoms with van der Waals surface area (Å²) in [7, 11) is 3.30. The number of esters is 1. The van der Waals surface area contributed by atoms with Gasteiger partial charge in [-0.1, -0.05) is 30.4 Å². The number of Topliss-reactive ketones (excluding diaryl/α,β-unsaturated/α-hetero) is 1. The summed E-state index contributed by atoms with van der Waals surface area (Å²) in [5.41, 5.74) is 1.71. The van der Waals surface area contributed by atoms with Crippen LogP contribution in [0.1, 0.15) is 23.2 Å². The molecule has 1 aliphatic rings. The van der Waals surface area contributed by atoms with Crippen LogP contribution in [0, 0.1) is 11.8 Å². The fourth-order valence-corrected chi connectivity index (χ4v) is 3.25. The van der Waals surface area contributed by atoms with E-state index >= 15 is 0 Å². The molecule has 2 atom stereocenters. The van der Waals surface area contributed by atoms with E-state index < -0.39 is 0 Å². The third kappa shape index (κ3) is 2.34. The van der Waals surface area contributed by atoms with Gasteiger partial charge in [0.2, 0.25) is 0 Å². The van der Waals surface area contributed by atoms with Gasteiger partial charge in [0.05, 0.1) is 13.0 Å². The van der Waals surface area contributed by atoms with Gasteiger partial charge in [0.25, 0.3) is 0 Å². The minimum absolute atomic E-state index is 0.0246. The number of aromatic nitrogens is 1. The molecular formula is C18H19NO3. The number of allylic oxidation sites excluding steroid dienone is 2. The van der Waals surface area contributed by atoms with E-state index in [1.54, 1.807) is 0 Å². The number of rotatable bonds is 3. The number of methoxy groups -OCH3 is 1. The van der Waals surface area contributed by atoms with Crippen LogP contribution in [-0.2, 0) is 16.6 Å². The van der Waals surface area contributed by atoms with Gasteiger partial charge < -0.3 is 9.30 Å². The number of carbonyl (C=O) groups is 2. The molecule has 0 spiro atoms. The van der Waals surface area contributed by atoms with Gasteiger partial charge in [-0.3, -0.25) is 9.59 Å². The van der Waals surface area contributed by atoms with E-state index in [-0.39, 0.29) is 23.6 Å². The van der Waals surface area contributed by atoms with Crippen molar-refractivity contribution in [1.82, 2.24) is 4.57 Å². The number of hydrogen-bond acceptors (Lipinski definition) is 3. The molecule has 114 valence electrons. The second-order valence-corrected chi connectivity index (χ2v) is 5.71. The lowest BCUT2D eigenvalue weighted by atomic mass is 9.78. The van der Waals surface area contributed by atoms with Crippen LogP contribution in [0.15, 0.2) is 42.6 Å². The van der Waals surface area contributed by atoms with Crippen molar-refractivity contribution in [3.8, 4) is 0 Å². The number of benzene rings is 1. The summed E-state index contributed by atoms with van der Waals surface area (Å²) in [4.78, 5) is 25.0. The lowest BCUT2D eigenvalue weighted by Gasteiger charge is -2.25. The van der Waals surface area contributed by atoms with Crippen LogP contribution in [0.2, 0.25) is 0 Å². The number of ketones is 1. The Labute approximate surface area is 129 Å². The monoisotopic (exact) mass is 297 g/mol. The average molecular weight is 297 g/mol. The van der Waals surface area contributed by atoms with E-state index in [2.05, 4.69) is 0 Å². The van der Waals surface area contributed by atoms with Gasteiger partial charge in [0.1, 0.15) is 0 Å². The van der Waals surface area contributed by atoms with Gasteiger partial charge in [-0.2, -0.15) is 0 Å². The number of hydrogen-bond donors (Lipinski definition) is 0. The highest BCUT2D eigenvalue weighted by Crippen LogP contribution is 2.32. The fourth-order valence-electron chi connectivity index (χ4n) is 3.25. The Morgan fingerprint density at radius 3 is 2.55 bits per heavy atom. The zero-order chi connectivity index (χ0) is 15.7. The van der Waals surface area contributed by atoms with Crippen molar-refractivity contribution in [3.05, 3.63) is 48.2 Å². The Bertz CT molecular complexity index is 757. The van der Waals surface area contributed by atoms with Crippen LogP contribution in [-0.4, -0.2) is 23.4 Å². The van der Waals surface area contributed by atoms with Crippen LogP contribution in [0.25, 0.3) is 10.9 Å². The predicted octanol–water partition coefficient (Wildman–Crippen LogP) is 3.12. The average Bonchev–Trinajstić information content (AvgIpc) is 2.91. The summed E-state index contributed by atoms with van der Waals surface area (Å²) in [6.45, 7) is 0. The number of para-hydroxylation sites is 1. The normalized spacial score (nSPS) is 21.0. The molecule has 0 radical (unpaired) electrons. The molecule has 0 saturated carbocycles. The number of nitrogens with zero attached hydrogens (tertiary/aromatic N) is 1. The van der Waals surface area contributed by atoms with Gasteiger partial charge in [0.15, 0.2) is 5.78 Å². The number of fused-ring (bicyclic) bond motifs is 1. The molecular weight excluding hydrogens is 278 g/mol. The number of aryl methyl sites for hydroxylation is 1. The first-order valence-electron chi connectivity index (χ1n) is 7.44. The molecule has 4 heteroatoms. The molecule has 1 aromatic carbocycles. The minimum atomic E-state index is -0.388. The zero-order valence-electron chi connectivity index (χ0n) is 12.8. The van der Waals surface area contributed by atoms with Gasteiger partial charge >= 0.3 is 5.97 Å². The van der Waals surface area contributed by atoms with Gasteiger partial charge in [-0.25, -0.2) is 0 Å². The van der Waals surface area contributed by atoms with Crippen LogP contribution in [0.3, 0.4) is 0 Å². The lowest BCUT2D eigenvalue weighted by molar-refractivity contribution is -0.146. The van der Waals surface area contributed by atoms with Crippen molar-refractivity contribution in [2.75, 3.05) is 7.11 Å². The predicted molar refractivity (Wildman–Crippen MR) is 84.6 cm³/mol. The molecule has 3 rings (SSSR count). The molecule has 0 saturated heterocycles. The summed E-state index contributed by atoms with van der Waals surface area (Å²) in [5, 5.41) is 0.938. The van der Waals surface area contributed by atoms with Crippen molar-refractivity contribution in [3.63, 3.8) is 0 Å². The number of ether oxygens (including phenoxy) is 1. The Hall–Kier alpha value is -2.36. The molecule has 0 bridgehead atoms. The first-order chi connectivity index (χ1) is 10.6.